The molecule has 0 bridgehead atoms. The Hall–Kier alpha value is -2.25. The molecule has 0 fully saturated rings. The van der Waals surface area contributed by atoms with Gasteiger partial charge in [0, 0.05) is 11.3 Å². The fourth-order valence-electron chi connectivity index (χ4n) is 2.34. The Morgan fingerprint density at radius 3 is 2.25 bits per heavy atom. The van der Waals surface area contributed by atoms with Gasteiger partial charge >= 0.3 is 0 Å². The van der Waals surface area contributed by atoms with Gasteiger partial charge in [-0.1, -0.05) is 53.0 Å². The molecule has 0 unspecified atom stereocenters. The number of hydrogen-bond donors (Lipinski definition) is 2. The molecular formula is C19H13Cl3N2O3S. The molecule has 3 rings (SSSR count). The normalized spacial score (nSPS) is 11.1. The van der Waals surface area contributed by atoms with Crippen molar-refractivity contribution < 1.29 is 13.2 Å². The van der Waals surface area contributed by atoms with E-state index < -0.39 is 15.9 Å². The number of para-hydroxylation sites is 1. The maximum Gasteiger partial charge on any atom is 0.261 e. The smallest absolute Gasteiger partial charge is 0.261 e. The van der Waals surface area contributed by atoms with Gasteiger partial charge in [0.25, 0.3) is 15.9 Å². The molecule has 144 valence electrons. The third-order valence-electron chi connectivity index (χ3n) is 3.70. The number of rotatable bonds is 5. The first-order chi connectivity index (χ1) is 13.3. The minimum atomic E-state index is -3.91. The van der Waals surface area contributed by atoms with Crippen molar-refractivity contribution in [2.75, 3.05) is 10.0 Å². The first kappa shape index (κ1) is 20.5. The van der Waals surface area contributed by atoms with Crippen molar-refractivity contribution in [3.63, 3.8) is 0 Å². The summed E-state index contributed by atoms with van der Waals surface area (Å²) in [5, 5.41) is 3.45. The lowest BCUT2D eigenvalue weighted by Crippen LogP contribution is -2.15. The van der Waals surface area contributed by atoms with Crippen LogP contribution >= 0.6 is 34.8 Å². The van der Waals surface area contributed by atoms with Gasteiger partial charge in [-0.25, -0.2) is 8.42 Å². The number of sulfonamides is 1. The predicted octanol–water partition coefficient (Wildman–Crippen LogP) is 5.70. The van der Waals surface area contributed by atoms with E-state index in [1.807, 2.05) is 0 Å². The first-order valence-electron chi connectivity index (χ1n) is 7.90. The van der Waals surface area contributed by atoms with Gasteiger partial charge in [0.05, 0.1) is 25.7 Å². The summed E-state index contributed by atoms with van der Waals surface area (Å²) in [4.78, 5) is 12.4. The summed E-state index contributed by atoms with van der Waals surface area (Å²) >= 11 is 17.8. The van der Waals surface area contributed by atoms with Crippen molar-refractivity contribution in [2.24, 2.45) is 0 Å². The Morgan fingerprint density at radius 2 is 1.54 bits per heavy atom. The predicted molar refractivity (Wildman–Crippen MR) is 113 cm³/mol. The highest BCUT2D eigenvalue weighted by Gasteiger charge is 2.17. The van der Waals surface area contributed by atoms with Crippen LogP contribution in [-0.2, 0) is 10.0 Å². The van der Waals surface area contributed by atoms with Crippen LogP contribution in [0.15, 0.2) is 71.6 Å². The van der Waals surface area contributed by atoms with Crippen LogP contribution in [0.5, 0.6) is 0 Å². The molecular weight excluding hydrogens is 443 g/mol. The van der Waals surface area contributed by atoms with Gasteiger partial charge in [-0.05, 0) is 48.5 Å². The quantitative estimate of drug-likeness (QED) is 0.518. The number of halogens is 3. The number of hydrogen-bond acceptors (Lipinski definition) is 3. The molecule has 0 heterocycles. The van der Waals surface area contributed by atoms with E-state index in [1.165, 1.54) is 30.3 Å². The van der Waals surface area contributed by atoms with Crippen LogP contribution in [0.3, 0.4) is 0 Å². The highest BCUT2D eigenvalue weighted by atomic mass is 35.5. The Balaban J connectivity index is 1.82. The standard InChI is InChI=1S/C19H13Cl3N2O3S/c20-15-9-8-14(11-17(15)22)28(26,27)24-13-5-3-4-12(10-13)19(25)23-18-7-2-1-6-16(18)21/h1-11,24H,(H,23,25). The molecule has 3 aromatic rings. The van der Waals surface area contributed by atoms with Crippen molar-refractivity contribution >= 4 is 62.1 Å². The molecule has 0 aromatic heterocycles. The lowest BCUT2D eigenvalue weighted by atomic mass is 10.2. The minimum Gasteiger partial charge on any atom is -0.321 e. The zero-order chi connectivity index (χ0) is 20.3. The topological polar surface area (TPSA) is 75.3 Å². The summed E-state index contributed by atoms with van der Waals surface area (Å²) in [6.45, 7) is 0. The van der Waals surface area contributed by atoms with E-state index in [2.05, 4.69) is 10.0 Å². The van der Waals surface area contributed by atoms with Gasteiger partial charge in [0.1, 0.15) is 0 Å². The van der Waals surface area contributed by atoms with Crippen molar-refractivity contribution in [2.45, 2.75) is 4.90 Å². The fourth-order valence-corrected chi connectivity index (χ4v) is 3.96. The van der Waals surface area contributed by atoms with Crippen LogP contribution in [-0.4, -0.2) is 14.3 Å². The number of carbonyl (C=O) groups excluding carboxylic acids is 1. The van der Waals surface area contributed by atoms with Gasteiger partial charge in [0.2, 0.25) is 0 Å². The van der Waals surface area contributed by atoms with Crippen molar-refractivity contribution in [3.8, 4) is 0 Å². The van der Waals surface area contributed by atoms with Crippen molar-refractivity contribution in [3.05, 3.63) is 87.4 Å². The summed E-state index contributed by atoms with van der Waals surface area (Å²) in [6.07, 6.45) is 0. The summed E-state index contributed by atoms with van der Waals surface area (Å²) in [6, 6.07) is 16.9. The third kappa shape index (κ3) is 4.77. The lowest BCUT2D eigenvalue weighted by Gasteiger charge is -2.11. The zero-order valence-electron chi connectivity index (χ0n) is 14.1. The van der Waals surface area contributed by atoms with E-state index in [-0.39, 0.29) is 26.2 Å². The van der Waals surface area contributed by atoms with E-state index >= 15 is 0 Å². The second kappa shape index (κ2) is 8.41. The Morgan fingerprint density at radius 1 is 0.786 bits per heavy atom. The molecule has 0 atom stereocenters. The Bertz CT molecular complexity index is 1150. The summed E-state index contributed by atoms with van der Waals surface area (Å²) < 4.78 is 27.5. The molecule has 9 heteroatoms. The van der Waals surface area contributed by atoms with Crippen molar-refractivity contribution in [1.82, 2.24) is 0 Å². The minimum absolute atomic E-state index is 0.0483. The van der Waals surface area contributed by atoms with Gasteiger partial charge in [0.15, 0.2) is 0 Å². The van der Waals surface area contributed by atoms with Crippen LogP contribution in [0.25, 0.3) is 0 Å². The van der Waals surface area contributed by atoms with Crippen LogP contribution in [0.1, 0.15) is 10.4 Å². The highest BCUT2D eigenvalue weighted by Crippen LogP contribution is 2.26. The van der Waals surface area contributed by atoms with Crippen molar-refractivity contribution in [1.29, 1.82) is 0 Å². The van der Waals surface area contributed by atoms with E-state index in [0.717, 1.165) is 0 Å². The summed E-state index contributed by atoms with van der Waals surface area (Å²) in [5.74, 6) is -0.427. The van der Waals surface area contributed by atoms with E-state index in [0.29, 0.717) is 10.7 Å². The maximum absolute atomic E-state index is 12.6. The van der Waals surface area contributed by atoms with E-state index in [4.69, 9.17) is 34.8 Å². The summed E-state index contributed by atoms with van der Waals surface area (Å²) in [7, 11) is -3.91. The molecule has 0 aliphatic carbocycles. The summed E-state index contributed by atoms with van der Waals surface area (Å²) in [5.41, 5.74) is 0.933. The molecule has 0 saturated carbocycles. The van der Waals surface area contributed by atoms with E-state index in [1.54, 1.807) is 36.4 Å². The van der Waals surface area contributed by atoms with Crippen LogP contribution in [0, 0.1) is 0 Å². The second-order valence-electron chi connectivity index (χ2n) is 5.70. The molecule has 0 aliphatic heterocycles. The average molecular weight is 456 g/mol. The number of benzene rings is 3. The van der Waals surface area contributed by atoms with Crippen LogP contribution in [0.2, 0.25) is 15.1 Å². The van der Waals surface area contributed by atoms with Gasteiger partial charge in [-0.3, -0.25) is 9.52 Å². The second-order valence-corrected chi connectivity index (χ2v) is 8.60. The molecule has 0 saturated heterocycles. The Labute approximate surface area is 177 Å². The number of carbonyl (C=O) groups is 1. The van der Waals surface area contributed by atoms with E-state index in [9.17, 15) is 13.2 Å². The lowest BCUT2D eigenvalue weighted by molar-refractivity contribution is 0.102. The maximum atomic E-state index is 12.6. The first-order valence-corrected chi connectivity index (χ1v) is 10.5. The molecule has 5 nitrogen and oxygen atoms in total. The average Bonchev–Trinajstić information content (AvgIpc) is 2.65. The zero-order valence-corrected chi connectivity index (χ0v) is 17.2. The fraction of sp³-hybridized carbons (Fsp3) is 0. The Kier molecular flexibility index (Phi) is 6.15. The molecule has 0 spiro atoms. The largest absolute Gasteiger partial charge is 0.321 e. The van der Waals surface area contributed by atoms with Gasteiger partial charge in [-0.15, -0.1) is 0 Å². The van der Waals surface area contributed by atoms with Crippen LogP contribution < -0.4 is 10.0 Å². The number of nitrogens with one attached hydrogen (secondary N) is 2. The molecule has 28 heavy (non-hydrogen) atoms. The molecule has 1 amide bonds. The SMILES string of the molecule is O=C(Nc1ccccc1Cl)c1cccc(NS(=O)(=O)c2ccc(Cl)c(Cl)c2)c1. The number of amides is 1. The highest BCUT2D eigenvalue weighted by molar-refractivity contribution is 7.92. The molecule has 0 radical (unpaired) electrons. The monoisotopic (exact) mass is 454 g/mol. The van der Waals surface area contributed by atoms with Crippen LogP contribution in [0.4, 0.5) is 11.4 Å². The van der Waals surface area contributed by atoms with Gasteiger partial charge < -0.3 is 5.32 Å². The molecule has 2 N–H and O–H groups in total. The molecule has 3 aromatic carbocycles. The third-order valence-corrected chi connectivity index (χ3v) is 6.15. The van der Waals surface area contributed by atoms with Gasteiger partial charge in [-0.2, -0.15) is 0 Å². The molecule has 0 aliphatic rings. The number of anilines is 2.